The summed E-state index contributed by atoms with van der Waals surface area (Å²) in [7, 11) is 0. The topological polar surface area (TPSA) is 92.9 Å². The third-order valence-corrected chi connectivity index (χ3v) is 7.74. The zero-order valence-electron chi connectivity index (χ0n) is 20.1. The average molecular weight is 544 g/mol. The number of aliphatic carboxylic acids is 1. The molecule has 0 aliphatic heterocycles. The van der Waals surface area contributed by atoms with Crippen LogP contribution in [0.3, 0.4) is 0 Å². The predicted octanol–water partition coefficient (Wildman–Crippen LogP) is 6.96. The molecular weight excluding hydrogens is 519 g/mol. The SMILES string of the molecule is O=C(O)C[C@H]1CC[C@H](c2ccc(-c3cn4cc(C(=O)Nc5cccc(OC(F)(F)F)c5)nc4s3)cc2)CC1. The molecule has 11 heteroatoms. The fraction of sp³-hybridized carbons (Fsp3) is 0.296. The van der Waals surface area contributed by atoms with E-state index in [0.29, 0.717) is 10.9 Å². The Hall–Kier alpha value is -3.86. The third kappa shape index (κ3) is 6.16. The van der Waals surface area contributed by atoms with E-state index in [1.807, 2.05) is 6.20 Å². The largest absolute Gasteiger partial charge is 0.573 e. The number of carbonyl (C=O) groups excluding carboxylic acids is 1. The first-order valence-corrected chi connectivity index (χ1v) is 12.9. The molecule has 2 aromatic carbocycles. The van der Waals surface area contributed by atoms with Crippen LogP contribution < -0.4 is 10.1 Å². The lowest BCUT2D eigenvalue weighted by atomic mass is 9.77. The Morgan fingerprint density at radius 1 is 1.08 bits per heavy atom. The van der Waals surface area contributed by atoms with E-state index in [4.69, 9.17) is 5.11 Å². The number of carbonyl (C=O) groups is 2. The number of nitrogens with one attached hydrogen (secondary N) is 1. The first-order chi connectivity index (χ1) is 18.1. The number of imidazole rings is 1. The Morgan fingerprint density at radius 3 is 2.47 bits per heavy atom. The number of ether oxygens (including phenoxy) is 1. The average Bonchev–Trinajstić information content (AvgIpc) is 3.43. The summed E-state index contributed by atoms with van der Waals surface area (Å²) in [5.41, 5.74) is 2.58. The van der Waals surface area contributed by atoms with Gasteiger partial charge in [-0.25, -0.2) is 4.98 Å². The molecule has 0 spiro atoms. The van der Waals surface area contributed by atoms with Crippen LogP contribution in [-0.4, -0.2) is 32.7 Å². The Morgan fingerprint density at radius 2 is 1.82 bits per heavy atom. The van der Waals surface area contributed by atoms with E-state index < -0.39 is 24.0 Å². The minimum Gasteiger partial charge on any atom is -0.481 e. The number of rotatable bonds is 7. The van der Waals surface area contributed by atoms with Crippen LogP contribution in [0.5, 0.6) is 5.75 Å². The normalized spacial score (nSPS) is 17.9. The fourth-order valence-electron chi connectivity index (χ4n) is 4.87. The molecule has 1 amide bonds. The second kappa shape index (κ2) is 10.5. The molecule has 1 saturated carbocycles. The molecule has 7 nitrogen and oxygen atoms in total. The summed E-state index contributed by atoms with van der Waals surface area (Å²) in [6.07, 6.45) is 2.74. The predicted molar refractivity (Wildman–Crippen MR) is 137 cm³/mol. The van der Waals surface area contributed by atoms with Crippen molar-refractivity contribution in [3.63, 3.8) is 0 Å². The number of benzene rings is 2. The van der Waals surface area contributed by atoms with Crippen molar-refractivity contribution < 1.29 is 32.6 Å². The van der Waals surface area contributed by atoms with Crippen molar-refractivity contribution in [3.8, 4) is 16.2 Å². The van der Waals surface area contributed by atoms with Crippen molar-refractivity contribution in [2.75, 3.05) is 5.32 Å². The number of hydrogen-bond acceptors (Lipinski definition) is 5. The number of carboxylic acids is 1. The molecule has 2 aromatic heterocycles. The van der Waals surface area contributed by atoms with Crippen molar-refractivity contribution >= 4 is 33.9 Å². The van der Waals surface area contributed by atoms with E-state index in [1.165, 1.54) is 29.0 Å². The summed E-state index contributed by atoms with van der Waals surface area (Å²) in [6.45, 7) is 0. The van der Waals surface area contributed by atoms with Gasteiger partial charge in [0.25, 0.3) is 5.91 Å². The molecule has 4 aromatic rings. The van der Waals surface area contributed by atoms with Gasteiger partial charge < -0.3 is 15.2 Å². The standard InChI is InChI=1S/C27H24F3N3O4S/c28-27(29,30)37-21-3-1-2-20(13-21)31-25(36)22-14-33-15-23(38-26(33)32-22)19-10-8-18(9-11-19)17-6-4-16(5-7-17)12-24(34)35/h1-3,8-11,13-17H,4-7,12H2,(H,31,36)(H,34,35)/t16-,17-. The molecule has 5 rings (SSSR count). The Kier molecular flexibility index (Phi) is 7.11. The zero-order valence-corrected chi connectivity index (χ0v) is 20.9. The van der Waals surface area contributed by atoms with Crippen molar-refractivity contribution in [1.82, 2.24) is 9.38 Å². The summed E-state index contributed by atoms with van der Waals surface area (Å²) in [4.78, 5) is 29.5. The fourth-order valence-corrected chi connectivity index (χ4v) is 5.84. The van der Waals surface area contributed by atoms with Crippen molar-refractivity contribution in [2.45, 2.75) is 44.4 Å². The Labute approximate surface area is 219 Å². The van der Waals surface area contributed by atoms with E-state index in [9.17, 15) is 22.8 Å². The summed E-state index contributed by atoms with van der Waals surface area (Å²) < 4.78 is 43.0. The molecule has 1 aliphatic rings. The second-order valence-electron chi connectivity index (χ2n) is 9.38. The summed E-state index contributed by atoms with van der Waals surface area (Å²) >= 11 is 1.42. The number of hydrogen-bond donors (Lipinski definition) is 2. The molecule has 38 heavy (non-hydrogen) atoms. The molecular formula is C27H24F3N3O4S. The molecule has 0 atom stereocenters. The maximum Gasteiger partial charge on any atom is 0.573 e. The van der Waals surface area contributed by atoms with Gasteiger partial charge in [-0.15, -0.1) is 13.2 Å². The van der Waals surface area contributed by atoms with E-state index >= 15 is 0 Å². The van der Waals surface area contributed by atoms with Gasteiger partial charge in [0, 0.05) is 30.6 Å². The van der Waals surface area contributed by atoms with E-state index in [0.717, 1.165) is 48.3 Å². The van der Waals surface area contributed by atoms with Gasteiger partial charge in [-0.05, 0) is 60.8 Å². The molecule has 198 valence electrons. The molecule has 0 bridgehead atoms. The van der Waals surface area contributed by atoms with Crippen LogP contribution in [-0.2, 0) is 4.79 Å². The zero-order chi connectivity index (χ0) is 26.9. The number of thiazole rings is 1. The number of carboxylic acid groups (broad SMARTS) is 1. The maximum atomic E-state index is 12.6. The number of alkyl halides is 3. The van der Waals surface area contributed by atoms with E-state index in [1.54, 1.807) is 10.6 Å². The summed E-state index contributed by atoms with van der Waals surface area (Å²) in [5.74, 6) is -0.989. The molecule has 0 unspecified atom stereocenters. The van der Waals surface area contributed by atoms with Crippen LogP contribution in [0.1, 0.15) is 54.1 Å². The molecule has 2 N–H and O–H groups in total. The van der Waals surface area contributed by atoms with Gasteiger partial charge in [-0.3, -0.25) is 14.0 Å². The van der Waals surface area contributed by atoms with Crippen LogP contribution in [0.2, 0.25) is 0 Å². The smallest absolute Gasteiger partial charge is 0.481 e. The van der Waals surface area contributed by atoms with Crippen LogP contribution in [0.4, 0.5) is 18.9 Å². The molecule has 1 aliphatic carbocycles. The summed E-state index contributed by atoms with van der Waals surface area (Å²) in [6, 6.07) is 13.4. The minimum atomic E-state index is -4.82. The monoisotopic (exact) mass is 543 g/mol. The van der Waals surface area contributed by atoms with Gasteiger partial charge in [-0.1, -0.05) is 41.7 Å². The van der Waals surface area contributed by atoms with Crippen LogP contribution in [0.25, 0.3) is 15.4 Å². The van der Waals surface area contributed by atoms with E-state index in [-0.39, 0.29) is 23.7 Å². The lowest BCUT2D eigenvalue weighted by Gasteiger charge is -2.28. The first kappa shape index (κ1) is 25.8. The number of halogens is 3. The Balaban J connectivity index is 1.22. The molecule has 1 fully saturated rings. The quantitative estimate of drug-likeness (QED) is 0.263. The second-order valence-corrected chi connectivity index (χ2v) is 10.4. The van der Waals surface area contributed by atoms with Crippen LogP contribution >= 0.6 is 11.3 Å². The maximum absolute atomic E-state index is 12.6. The van der Waals surface area contributed by atoms with Gasteiger partial charge >= 0.3 is 12.3 Å². The van der Waals surface area contributed by atoms with Crippen LogP contribution in [0.15, 0.2) is 60.9 Å². The van der Waals surface area contributed by atoms with Gasteiger partial charge in [-0.2, -0.15) is 0 Å². The highest BCUT2D eigenvalue weighted by molar-refractivity contribution is 7.20. The summed E-state index contributed by atoms with van der Waals surface area (Å²) in [5, 5.41) is 11.6. The van der Waals surface area contributed by atoms with Crippen molar-refractivity contribution in [3.05, 3.63) is 72.2 Å². The van der Waals surface area contributed by atoms with Crippen molar-refractivity contribution in [2.24, 2.45) is 5.92 Å². The number of aromatic nitrogens is 2. The lowest BCUT2D eigenvalue weighted by Crippen LogP contribution is -2.17. The van der Waals surface area contributed by atoms with Gasteiger partial charge in [0.05, 0.1) is 4.88 Å². The third-order valence-electron chi connectivity index (χ3n) is 6.69. The number of fused-ring (bicyclic) bond motifs is 1. The Bertz CT molecular complexity index is 1420. The highest BCUT2D eigenvalue weighted by Crippen LogP contribution is 2.38. The number of anilines is 1. The highest BCUT2D eigenvalue weighted by atomic mass is 32.1. The number of nitrogens with zero attached hydrogens (tertiary/aromatic N) is 2. The lowest BCUT2D eigenvalue weighted by molar-refractivity contribution is -0.274. The van der Waals surface area contributed by atoms with Crippen LogP contribution in [0, 0.1) is 5.92 Å². The highest BCUT2D eigenvalue weighted by Gasteiger charge is 2.31. The van der Waals surface area contributed by atoms with E-state index in [2.05, 4.69) is 39.3 Å². The number of amides is 1. The van der Waals surface area contributed by atoms with Gasteiger partial charge in [0.2, 0.25) is 0 Å². The van der Waals surface area contributed by atoms with Gasteiger partial charge in [0.1, 0.15) is 11.4 Å². The minimum absolute atomic E-state index is 0.138. The molecule has 0 saturated heterocycles. The molecule has 2 heterocycles. The van der Waals surface area contributed by atoms with Gasteiger partial charge in [0.15, 0.2) is 4.96 Å². The molecule has 0 radical (unpaired) electrons. The first-order valence-electron chi connectivity index (χ1n) is 12.1. The van der Waals surface area contributed by atoms with Crippen molar-refractivity contribution in [1.29, 1.82) is 0 Å².